The number of halogens is 2. The van der Waals surface area contributed by atoms with Crippen molar-refractivity contribution in [1.29, 1.82) is 0 Å². The highest BCUT2D eigenvalue weighted by atomic mass is 19.3. The molecule has 2 aromatic carbocycles. The van der Waals surface area contributed by atoms with Crippen LogP contribution in [0.1, 0.15) is 31.9 Å². The Morgan fingerprint density at radius 1 is 0.967 bits per heavy atom. The molecule has 1 atom stereocenters. The molecule has 1 N–H and O–H groups in total. The van der Waals surface area contributed by atoms with E-state index in [0.717, 1.165) is 5.56 Å². The van der Waals surface area contributed by atoms with Gasteiger partial charge in [0.25, 0.3) is 0 Å². The Bertz CT molecular complexity index is 820. The Morgan fingerprint density at radius 3 is 2.17 bits per heavy atom. The van der Waals surface area contributed by atoms with Crippen molar-refractivity contribution in [3.05, 3.63) is 65.7 Å². The summed E-state index contributed by atoms with van der Waals surface area (Å²) in [6.45, 7) is 2.24. The van der Waals surface area contributed by atoms with Crippen LogP contribution in [0, 0.1) is 0 Å². The number of carbonyl (C=O) groups excluding carboxylic acids is 2. The number of alkyl carbamates (subject to hydrolysis) is 1. The van der Waals surface area contributed by atoms with Gasteiger partial charge in [0.15, 0.2) is 0 Å². The largest absolute Gasteiger partial charge is 0.459 e. The molecule has 0 aliphatic carbocycles. The summed E-state index contributed by atoms with van der Waals surface area (Å²) < 4.78 is 39.5. The van der Waals surface area contributed by atoms with Crippen molar-refractivity contribution in [2.24, 2.45) is 0 Å². The summed E-state index contributed by atoms with van der Waals surface area (Å²) in [5, 5.41) is 2.52. The number of rotatable bonds is 8. The van der Waals surface area contributed by atoms with E-state index in [1.165, 1.54) is 24.3 Å². The van der Waals surface area contributed by atoms with Gasteiger partial charge in [-0.1, -0.05) is 42.5 Å². The number of carbonyl (C=O) groups is 2. The van der Waals surface area contributed by atoms with Crippen LogP contribution in [0.25, 0.3) is 0 Å². The number of esters is 1. The van der Waals surface area contributed by atoms with Gasteiger partial charge in [-0.05, 0) is 44.0 Å². The molecule has 0 fully saturated rings. The molecule has 1 amide bonds. The van der Waals surface area contributed by atoms with Crippen molar-refractivity contribution in [1.82, 2.24) is 5.32 Å². The average molecular weight is 421 g/mol. The number of nitrogens with one attached hydrogen (secondary N) is 1. The third-order valence-corrected chi connectivity index (χ3v) is 3.79. The van der Waals surface area contributed by atoms with Crippen molar-refractivity contribution < 1.29 is 32.6 Å². The van der Waals surface area contributed by atoms with Gasteiger partial charge >= 0.3 is 18.7 Å². The highest BCUT2D eigenvalue weighted by Crippen LogP contribution is 2.17. The lowest BCUT2D eigenvalue weighted by molar-refractivity contribution is -0.147. The molecule has 2 aromatic rings. The standard InChI is InChI=1S/C22H25F2NO5/c1-22(2,3)30-21(27)25-18(19(26)28-14-16-7-5-4-6-8-16)13-15-9-11-17(12-10-15)29-20(23)24/h4-12,18,20H,13-14H2,1-3H3,(H,25,27)/t18-/m0/s1. The zero-order valence-corrected chi connectivity index (χ0v) is 17.1. The van der Waals surface area contributed by atoms with E-state index in [1.807, 2.05) is 30.3 Å². The second-order valence-corrected chi connectivity index (χ2v) is 7.52. The van der Waals surface area contributed by atoms with Crippen LogP contribution in [0.2, 0.25) is 0 Å². The summed E-state index contributed by atoms with van der Waals surface area (Å²) >= 11 is 0. The van der Waals surface area contributed by atoms with Gasteiger partial charge in [-0.2, -0.15) is 8.78 Å². The molecule has 0 heterocycles. The predicted octanol–water partition coefficient (Wildman–Crippen LogP) is 4.47. The Hall–Kier alpha value is -3.16. The average Bonchev–Trinajstić information content (AvgIpc) is 2.66. The van der Waals surface area contributed by atoms with Crippen LogP contribution < -0.4 is 10.1 Å². The van der Waals surface area contributed by atoms with Gasteiger partial charge in [0.1, 0.15) is 24.0 Å². The molecule has 0 unspecified atom stereocenters. The van der Waals surface area contributed by atoms with E-state index in [2.05, 4.69) is 10.1 Å². The minimum Gasteiger partial charge on any atom is -0.459 e. The van der Waals surface area contributed by atoms with Crippen LogP contribution >= 0.6 is 0 Å². The van der Waals surface area contributed by atoms with E-state index in [9.17, 15) is 18.4 Å². The van der Waals surface area contributed by atoms with Gasteiger partial charge < -0.3 is 19.5 Å². The van der Waals surface area contributed by atoms with Gasteiger partial charge in [0, 0.05) is 6.42 Å². The fraction of sp³-hybridized carbons (Fsp3) is 0.364. The van der Waals surface area contributed by atoms with E-state index in [1.54, 1.807) is 20.8 Å². The molecule has 0 aliphatic rings. The number of ether oxygens (including phenoxy) is 3. The molecular weight excluding hydrogens is 396 g/mol. The van der Waals surface area contributed by atoms with Crippen LogP contribution in [0.3, 0.4) is 0 Å². The maximum absolute atomic E-state index is 12.6. The van der Waals surface area contributed by atoms with Crippen molar-refractivity contribution in [3.8, 4) is 5.75 Å². The van der Waals surface area contributed by atoms with Crippen LogP contribution in [-0.4, -0.2) is 30.3 Å². The number of hydrogen-bond acceptors (Lipinski definition) is 5. The molecule has 6 nitrogen and oxygen atoms in total. The first kappa shape index (κ1) is 23.1. The zero-order chi connectivity index (χ0) is 22.1. The molecule has 162 valence electrons. The summed E-state index contributed by atoms with van der Waals surface area (Å²) in [4.78, 5) is 24.8. The second kappa shape index (κ2) is 10.6. The van der Waals surface area contributed by atoms with Gasteiger partial charge in [-0.15, -0.1) is 0 Å². The second-order valence-electron chi connectivity index (χ2n) is 7.52. The molecule has 0 spiro atoms. The molecule has 0 bridgehead atoms. The Labute approximate surface area is 174 Å². The molecule has 8 heteroatoms. The van der Waals surface area contributed by atoms with Crippen LogP contribution in [0.4, 0.5) is 13.6 Å². The Balaban J connectivity index is 2.07. The van der Waals surface area contributed by atoms with Crippen molar-refractivity contribution >= 4 is 12.1 Å². The van der Waals surface area contributed by atoms with E-state index in [0.29, 0.717) is 5.56 Å². The number of alkyl halides is 2. The summed E-state index contributed by atoms with van der Waals surface area (Å²) in [7, 11) is 0. The topological polar surface area (TPSA) is 73.9 Å². The number of hydrogen-bond donors (Lipinski definition) is 1. The third kappa shape index (κ3) is 8.46. The van der Waals surface area contributed by atoms with Crippen LogP contribution in [0.15, 0.2) is 54.6 Å². The first-order valence-corrected chi connectivity index (χ1v) is 9.36. The lowest BCUT2D eigenvalue weighted by atomic mass is 10.1. The molecular formula is C22H25F2NO5. The fourth-order valence-corrected chi connectivity index (χ4v) is 2.52. The van der Waals surface area contributed by atoms with Crippen LogP contribution in [0.5, 0.6) is 5.75 Å². The summed E-state index contributed by atoms with van der Waals surface area (Å²) in [6.07, 6.45) is -0.677. The number of amides is 1. The minimum atomic E-state index is -2.93. The molecule has 0 aromatic heterocycles. The molecule has 0 saturated heterocycles. The normalized spacial score (nSPS) is 12.2. The third-order valence-electron chi connectivity index (χ3n) is 3.79. The summed E-state index contributed by atoms with van der Waals surface area (Å²) in [5.74, 6) is -0.644. The highest BCUT2D eigenvalue weighted by Gasteiger charge is 2.26. The van der Waals surface area contributed by atoms with E-state index >= 15 is 0 Å². The minimum absolute atomic E-state index is 0.00273. The summed E-state index contributed by atoms with van der Waals surface area (Å²) in [6, 6.07) is 13.9. The Kier molecular flexibility index (Phi) is 8.15. The summed E-state index contributed by atoms with van der Waals surface area (Å²) in [5.41, 5.74) is 0.682. The van der Waals surface area contributed by atoms with Gasteiger partial charge in [-0.3, -0.25) is 0 Å². The molecule has 0 radical (unpaired) electrons. The number of benzene rings is 2. The van der Waals surface area contributed by atoms with E-state index < -0.39 is 30.3 Å². The molecule has 0 aliphatic heterocycles. The lowest BCUT2D eigenvalue weighted by Crippen LogP contribution is -2.45. The molecule has 30 heavy (non-hydrogen) atoms. The molecule has 2 rings (SSSR count). The fourth-order valence-electron chi connectivity index (χ4n) is 2.52. The molecule has 0 saturated carbocycles. The first-order chi connectivity index (χ1) is 14.1. The van der Waals surface area contributed by atoms with Crippen LogP contribution in [-0.2, 0) is 27.3 Å². The van der Waals surface area contributed by atoms with Crippen molar-refractivity contribution in [2.75, 3.05) is 0 Å². The maximum Gasteiger partial charge on any atom is 0.408 e. The van der Waals surface area contributed by atoms with Gasteiger partial charge in [-0.25, -0.2) is 9.59 Å². The van der Waals surface area contributed by atoms with Gasteiger partial charge in [0.2, 0.25) is 0 Å². The maximum atomic E-state index is 12.6. The smallest absolute Gasteiger partial charge is 0.408 e. The SMILES string of the molecule is CC(C)(C)OC(=O)N[C@@H](Cc1ccc(OC(F)F)cc1)C(=O)OCc1ccccc1. The predicted molar refractivity (Wildman–Crippen MR) is 106 cm³/mol. The Morgan fingerprint density at radius 2 is 1.60 bits per heavy atom. The highest BCUT2D eigenvalue weighted by molar-refractivity contribution is 5.81. The van der Waals surface area contributed by atoms with E-state index in [4.69, 9.17) is 9.47 Å². The van der Waals surface area contributed by atoms with Gasteiger partial charge in [0.05, 0.1) is 0 Å². The van der Waals surface area contributed by atoms with Crippen molar-refractivity contribution in [2.45, 2.75) is 52.1 Å². The lowest BCUT2D eigenvalue weighted by Gasteiger charge is -2.23. The zero-order valence-electron chi connectivity index (χ0n) is 17.1. The first-order valence-electron chi connectivity index (χ1n) is 9.36. The van der Waals surface area contributed by atoms with Crippen molar-refractivity contribution in [3.63, 3.8) is 0 Å². The van der Waals surface area contributed by atoms with E-state index in [-0.39, 0.29) is 18.8 Å². The quantitative estimate of drug-likeness (QED) is 0.637. The monoisotopic (exact) mass is 421 g/mol.